The highest BCUT2D eigenvalue weighted by Crippen LogP contribution is 2.31. The Morgan fingerprint density at radius 1 is 1.50 bits per heavy atom. The predicted molar refractivity (Wildman–Crippen MR) is 85.2 cm³/mol. The summed E-state index contributed by atoms with van der Waals surface area (Å²) in [5, 5.41) is 0. The second-order valence-electron chi connectivity index (χ2n) is 4.64. The number of amides is 1. The van der Waals surface area contributed by atoms with Crippen LogP contribution in [0.2, 0.25) is 0 Å². The van der Waals surface area contributed by atoms with Crippen LogP contribution in [0, 0.1) is 0 Å². The molecule has 20 heavy (non-hydrogen) atoms. The standard InChI is InChI=1S/C14H19BrN2O2.ClH/c1-2-19-13-6-3-11(15)7-10(13)9-17(12-4-5-12)14(18)8-16;/h3,6-7,12H,2,4-5,8-9,16H2,1H3;1H. The van der Waals surface area contributed by atoms with Crippen molar-refractivity contribution in [3.05, 3.63) is 28.2 Å². The number of hydrogen-bond acceptors (Lipinski definition) is 3. The summed E-state index contributed by atoms with van der Waals surface area (Å²) < 4.78 is 6.60. The van der Waals surface area contributed by atoms with Crippen LogP contribution in [-0.2, 0) is 11.3 Å². The van der Waals surface area contributed by atoms with Crippen LogP contribution in [-0.4, -0.2) is 30.0 Å². The minimum absolute atomic E-state index is 0. The summed E-state index contributed by atoms with van der Waals surface area (Å²) in [6, 6.07) is 6.23. The van der Waals surface area contributed by atoms with Crippen molar-refractivity contribution in [1.82, 2.24) is 4.90 Å². The SMILES string of the molecule is CCOc1ccc(Br)cc1CN(C(=O)CN)C1CC1.Cl. The van der Waals surface area contributed by atoms with Gasteiger partial charge in [-0.1, -0.05) is 15.9 Å². The van der Waals surface area contributed by atoms with Crippen LogP contribution in [0.3, 0.4) is 0 Å². The number of halogens is 2. The third kappa shape index (κ3) is 4.36. The highest BCUT2D eigenvalue weighted by Gasteiger charge is 2.32. The number of benzene rings is 1. The first-order valence-electron chi connectivity index (χ1n) is 6.56. The summed E-state index contributed by atoms with van der Waals surface area (Å²) in [6.45, 7) is 3.20. The fraction of sp³-hybridized carbons (Fsp3) is 0.500. The molecule has 0 aromatic heterocycles. The van der Waals surface area contributed by atoms with Crippen molar-refractivity contribution >= 4 is 34.2 Å². The number of nitrogens with two attached hydrogens (primary N) is 1. The van der Waals surface area contributed by atoms with E-state index in [-0.39, 0.29) is 24.9 Å². The zero-order chi connectivity index (χ0) is 13.8. The van der Waals surface area contributed by atoms with Gasteiger partial charge in [0.1, 0.15) is 5.75 Å². The van der Waals surface area contributed by atoms with E-state index in [9.17, 15) is 4.79 Å². The molecule has 0 aliphatic heterocycles. The number of carbonyl (C=O) groups excluding carboxylic acids is 1. The molecule has 0 heterocycles. The quantitative estimate of drug-likeness (QED) is 0.845. The van der Waals surface area contributed by atoms with Crippen LogP contribution in [0.15, 0.2) is 22.7 Å². The van der Waals surface area contributed by atoms with Crippen LogP contribution in [0.25, 0.3) is 0 Å². The topological polar surface area (TPSA) is 55.6 Å². The van der Waals surface area contributed by atoms with E-state index in [0.29, 0.717) is 19.2 Å². The molecule has 1 fully saturated rings. The highest BCUT2D eigenvalue weighted by atomic mass is 79.9. The summed E-state index contributed by atoms with van der Waals surface area (Å²) in [6.07, 6.45) is 2.15. The summed E-state index contributed by atoms with van der Waals surface area (Å²) in [5.41, 5.74) is 6.51. The number of ether oxygens (including phenoxy) is 1. The number of rotatable bonds is 6. The largest absolute Gasteiger partial charge is 0.494 e. The van der Waals surface area contributed by atoms with Gasteiger partial charge in [-0.05, 0) is 38.0 Å². The summed E-state index contributed by atoms with van der Waals surface area (Å²) in [4.78, 5) is 13.8. The van der Waals surface area contributed by atoms with E-state index in [0.717, 1.165) is 28.6 Å². The molecule has 0 spiro atoms. The van der Waals surface area contributed by atoms with Crippen LogP contribution >= 0.6 is 28.3 Å². The molecular formula is C14H20BrClN2O2. The smallest absolute Gasteiger partial charge is 0.236 e. The minimum Gasteiger partial charge on any atom is -0.494 e. The van der Waals surface area contributed by atoms with Crippen LogP contribution < -0.4 is 10.5 Å². The van der Waals surface area contributed by atoms with E-state index < -0.39 is 0 Å². The van der Waals surface area contributed by atoms with Gasteiger partial charge in [-0.25, -0.2) is 0 Å². The zero-order valence-electron chi connectivity index (χ0n) is 11.5. The Bertz CT molecular complexity index is 466. The molecule has 4 nitrogen and oxygen atoms in total. The molecule has 1 saturated carbocycles. The van der Waals surface area contributed by atoms with Gasteiger partial charge in [-0.15, -0.1) is 12.4 Å². The molecule has 0 atom stereocenters. The highest BCUT2D eigenvalue weighted by molar-refractivity contribution is 9.10. The Hall–Kier alpha value is -0.780. The van der Waals surface area contributed by atoms with Gasteiger partial charge in [0.15, 0.2) is 0 Å². The maximum atomic E-state index is 11.9. The molecule has 0 saturated heterocycles. The van der Waals surface area contributed by atoms with Crippen molar-refractivity contribution < 1.29 is 9.53 Å². The predicted octanol–water partition coefficient (Wildman–Crippen LogP) is 2.72. The van der Waals surface area contributed by atoms with Gasteiger partial charge < -0.3 is 15.4 Å². The van der Waals surface area contributed by atoms with Gasteiger partial charge in [0.2, 0.25) is 5.91 Å². The number of hydrogen-bond donors (Lipinski definition) is 1. The van der Waals surface area contributed by atoms with Crippen molar-refractivity contribution in [1.29, 1.82) is 0 Å². The third-order valence-electron chi connectivity index (χ3n) is 3.15. The maximum absolute atomic E-state index is 11.9. The van der Waals surface area contributed by atoms with Gasteiger partial charge in [0.25, 0.3) is 0 Å². The molecule has 0 bridgehead atoms. The van der Waals surface area contributed by atoms with Gasteiger partial charge in [-0.3, -0.25) is 4.79 Å². The lowest BCUT2D eigenvalue weighted by molar-refractivity contribution is -0.130. The van der Waals surface area contributed by atoms with Gasteiger partial charge in [-0.2, -0.15) is 0 Å². The van der Waals surface area contributed by atoms with Gasteiger partial charge in [0.05, 0.1) is 13.2 Å². The molecule has 1 aromatic rings. The van der Waals surface area contributed by atoms with Crippen molar-refractivity contribution in [3.63, 3.8) is 0 Å². The first-order valence-corrected chi connectivity index (χ1v) is 7.35. The normalized spacial score (nSPS) is 13.6. The zero-order valence-corrected chi connectivity index (χ0v) is 13.9. The Morgan fingerprint density at radius 3 is 2.75 bits per heavy atom. The maximum Gasteiger partial charge on any atom is 0.236 e. The second-order valence-corrected chi connectivity index (χ2v) is 5.56. The van der Waals surface area contributed by atoms with Crippen molar-refractivity contribution in [2.24, 2.45) is 5.73 Å². The van der Waals surface area contributed by atoms with Crippen molar-refractivity contribution in [2.75, 3.05) is 13.2 Å². The van der Waals surface area contributed by atoms with E-state index >= 15 is 0 Å². The van der Waals surface area contributed by atoms with Crippen LogP contribution in [0.1, 0.15) is 25.3 Å². The third-order valence-corrected chi connectivity index (χ3v) is 3.64. The number of carbonyl (C=O) groups is 1. The molecule has 1 aromatic carbocycles. The summed E-state index contributed by atoms with van der Waals surface area (Å²) in [5.74, 6) is 0.839. The Balaban J connectivity index is 0.00000200. The van der Waals surface area contributed by atoms with Gasteiger partial charge in [0, 0.05) is 22.6 Å². The van der Waals surface area contributed by atoms with Gasteiger partial charge >= 0.3 is 0 Å². The first-order chi connectivity index (χ1) is 9.15. The minimum atomic E-state index is 0. The molecule has 0 unspecified atom stereocenters. The molecular weight excluding hydrogens is 344 g/mol. The fourth-order valence-electron chi connectivity index (χ4n) is 2.08. The van der Waals surface area contributed by atoms with Crippen LogP contribution in [0.4, 0.5) is 0 Å². The van der Waals surface area contributed by atoms with E-state index in [1.807, 2.05) is 30.0 Å². The lowest BCUT2D eigenvalue weighted by Crippen LogP contribution is -2.37. The molecule has 1 aliphatic carbocycles. The lowest BCUT2D eigenvalue weighted by Gasteiger charge is -2.23. The molecule has 2 N–H and O–H groups in total. The van der Waals surface area contributed by atoms with E-state index in [1.165, 1.54) is 0 Å². The lowest BCUT2D eigenvalue weighted by atomic mass is 10.2. The van der Waals surface area contributed by atoms with Crippen molar-refractivity contribution in [2.45, 2.75) is 32.4 Å². The van der Waals surface area contributed by atoms with Crippen LogP contribution in [0.5, 0.6) is 5.75 Å². The molecule has 2 rings (SSSR count). The molecule has 112 valence electrons. The number of nitrogens with zero attached hydrogens (tertiary/aromatic N) is 1. The summed E-state index contributed by atoms with van der Waals surface area (Å²) >= 11 is 3.46. The average Bonchev–Trinajstić information content (AvgIpc) is 3.22. The Labute approximate surface area is 134 Å². The van der Waals surface area contributed by atoms with E-state index in [1.54, 1.807) is 0 Å². The Morgan fingerprint density at radius 2 is 2.20 bits per heavy atom. The Kier molecular flexibility index (Phi) is 6.79. The monoisotopic (exact) mass is 362 g/mol. The first kappa shape index (κ1) is 17.3. The molecule has 1 amide bonds. The summed E-state index contributed by atoms with van der Waals surface area (Å²) in [7, 11) is 0. The van der Waals surface area contributed by atoms with E-state index in [4.69, 9.17) is 10.5 Å². The molecule has 6 heteroatoms. The second kappa shape index (κ2) is 7.86. The molecule has 0 radical (unpaired) electrons. The molecule has 1 aliphatic rings. The van der Waals surface area contributed by atoms with E-state index in [2.05, 4.69) is 15.9 Å². The van der Waals surface area contributed by atoms with Crippen molar-refractivity contribution in [3.8, 4) is 5.75 Å². The fourth-order valence-corrected chi connectivity index (χ4v) is 2.48. The average molecular weight is 364 g/mol.